The molecule has 0 aliphatic carbocycles. The lowest BCUT2D eigenvalue weighted by atomic mass is 10.1. The van der Waals surface area contributed by atoms with E-state index in [2.05, 4.69) is 22.9 Å². The molecule has 3 rings (SSSR count). The summed E-state index contributed by atoms with van der Waals surface area (Å²) in [6.45, 7) is 4.06. The van der Waals surface area contributed by atoms with E-state index in [1.807, 2.05) is 60.7 Å². The van der Waals surface area contributed by atoms with E-state index in [9.17, 15) is 0 Å². The molecule has 3 aromatic rings. The summed E-state index contributed by atoms with van der Waals surface area (Å²) in [6, 6.07) is 23.4. The molecule has 2 aromatic carbocycles. The van der Waals surface area contributed by atoms with Crippen molar-refractivity contribution in [2.75, 3.05) is 5.32 Å². The molecule has 3 nitrogen and oxygen atoms in total. The van der Waals surface area contributed by atoms with Gasteiger partial charge in [0.2, 0.25) is 0 Å². The highest BCUT2D eigenvalue weighted by Gasteiger charge is 2.05. The van der Waals surface area contributed by atoms with Crippen LogP contribution in [0, 0.1) is 11.3 Å². The van der Waals surface area contributed by atoms with E-state index in [0.29, 0.717) is 5.56 Å². The number of hydrogen-bond acceptors (Lipinski definition) is 3. The molecule has 0 radical (unpaired) electrons. The normalized spacial score (nSPS) is 9.87. The van der Waals surface area contributed by atoms with Crippen LogP contribution in [0.1, 0.15) is 11.1 Å². The minimum atomic E-state index is 0.596. The molecule has 0 saturated carbocycles. The van der Waals surface area contributed by atoms with E-state index in [0.717, 1.165) is 28.2 Å². The average Bonchev–Trinajstić information content (AvgIpc) is 2.63. The molecule has 23 heavy (non-hydrogen) atoms. The van der Waals surface area contributed by atoms with Crippen LogP contribution in [-0.4, -0.2) is 4.98 Å². The zero-order chi connectivity index (χ0) is 16.1. The quantitative estimate of drug-likeness (QED) is 0.759. The van der Waals surface area contributed by atoms with Crippen LogP contribution in [0.25, 0.3) is 17.0 Å². The third-order valence-corrected chi connectivity index (χ3v) is 3.53. The summed E-state index contributed by atoms with van der Waals surface area (Å²) in [5, 5.41) is 12.3. The van der Waals surface area contributed by atoms with Gasteiger partial charge in [0, 0.05) is 17.5 Å². The van der Waals surface area contributed by atoms with E-state index in [1.54, 1.807) is 12.3 Å². The molecular weight excluding hydrogens is 282 g/mol. The maximum absolute atomic E-state index is 9.14. The predicted molar refractivity (Wildman–Crippen MR) is 93.5 cm³/mol. The minimum Gasteiger partial charge on any atom is -0.354 e. The van der Waals surface area contributed by atoms with E-state index in [4.69, 9.17) is 5.26 Å². The Morgan fingerprint density at radius 2 is 1.70 bits per heavy atom. The molecule has 110 valence electrons. The van der Waals surface area contributed by atoms with Crippen molar-refractivity contribution in [3.8, 4) is 17.3 Å². The van der Waals surface area contributed by atoms with Crippen LogP contribution in [0.3, 0.4) is 0 Å². The van der Waals surface area contributed by atoms with Crippen molar-refractivity contribution in [1.29, 1.82) is 5.26 Å². The molecule has 0 bridgehead atoms. The second kappa shape index (κ2) is 6.59. The topological polar surface area (TPSA) is 48.7 Å². The summed E-state index contributed by atoms with van der Waals surface area (Å²) in [4.78, 5) is 4.34. The number of aromatic nitrogens is 1. The molecule has 1 N–H and O–H groups in total. The number of nitrogens with one attached hydrogen (secondary N) is 1. The standard InChI is InChI=1S/C20H15N3/c1-15(23-20-8-3-2-6-18(20)14-21)16-9-11-17(12-10-16)19-7-4-5-13-22-19/h2-13,23H,1H2. The summed E-state index contributed by atoms with van der Waals surface area (Å²) in [6.07, 6.45) is 1.78. The number of benzene rings is 2. The minimum absolute atomic E-state index is 0.596. The second-order valence-corrected chi connectivity index (χ2v) is 5.05. The van der Waals surface area contributed by atoms with Crippen LogP contribution in [0.4, 0.5) is 5.69 Å². The Morgan fingerprint density at radius 3 is 2.39 bits per heavy atom. The number of rotatable bonds is 4. The first-order chi connectivity index (χ1) is 11.3. The van der Waals surface area contributed by atoms with Crippen LogP contribution >= 0.6 is 0 Å². The Morgan fingerprint density at radius 1 is 0.957 bits per heavy atom. The molecule has 3 heteroatoms. The van der Waals surface area contributed by atoms with E-state index < -0.39 is 0 Å². The summed E-state index contributed by atoms with van der Waals surface area (Å²) in [5.74, 6) is 0. The molecule has 0 unspecified atom stereocenters. The van der Waals surface area contributed by atoms with Gasteiger partial charge in [0.15, 0.2) is 0 Å². The number of nitriles is 1. The van der Waals surface area contributed by atoms with Crippen molar-refractivity contribution in [2.45, 2.75) is 0 Å². The third kappa shape index (κ3) is 3.28. The summed E-state index contributed by atoms with van der Waals surface area (Å²) < 4.78 is 0. The highest BCUT2D eigenvalue weighted by molar-refractivity contribution is 5.78. The Hall–Kier alpha value is -3.38. The Balaban J connectivity index is 1.80. The smallest absolute Gasteiger partial charge is 0.101 e. The number of nitrogens with zero attached hydrogens (tertiary/aromatic N) is 2. The Bertz CT molecular complexity index is 859. The van der Waals surface area contributed by atoms with E-state index in [1.165, 1.54) is 0 Å². The lowest BCUT2D eigenvalue weighted by Gasteiger charge is -2.11. The molecule has 0 saturated heterocycles. The van der Waals surface area contributed by atoms with Crippen molar-refractivity contribution in [3.05, 3.63) is 90.6 Å². The van der Waals surface area contributed by atoms with Crippen LogP contribution in [0.15, 0.2) is 79.5 Å². The lowest BCUT2D eigenvalue weighted by Crippen LogP contribution is -1.99. The van der Waals surface area contributed by atoms with Crippen molar-refractivity contribution >= 4 is 11.4 Å². The maximum Gasteiger partial charge on any atom is 0.101 e. The van der Waals surface area contributed by atoms with Gasteiger partial charge in [0.1, 0.15) is 6.07 Å². The highest BCUT2D eigenvalue weighted by Crippen LogP contribution is 2.23. The zero-order valence-electron chi connectivity index (χ0n) is 12.5. The Kier molecular flexibility index (Phi) is 4.17. The number of hydrogen-bond donors (Lipinski definition) is 1. The van der Waals surface area contributed by atoms with Crippen molar-refractivity contribution < 1.29 is 0 Å². The van der Waals surface area contributed by atoms with Gasteiger partial charge in [0.05, 0.1) is 16.9 Å². The van der Waals surface area contributed by atoms with Crippen LogP contribution < -0.4 is 5.32 Å². The zero-order valence-corrected chi connectivity index (χ0v) is 12.5. The average molecular weight is 297 g/mol. The SMILES string of the molecule is C=C(Nc1ccccc1C#N)c1ccc(-c2ccccn2)cc1. The molecule has 0 spiro atoms. The van der Waals surface area contributed by atoms with E-state index >= 15 is 0 Å². The van der Waals surface area contributed by atoms with Gasteiger partial charge >= 0.3 is 0 Å². The summed E-state index contributed by atoms with van der Waals surface area (Å²) >= 11 is 0. The largest absolute Gasteiger partial charge is 0.354 e. The van der Waals surface area contributed by atoms with Crippen LogP contribution in [0.5, 0.6) is 0 Å². The predicted octanol–water partition coefficient (Wildman–Crippen LogP) is 4.70. The first-order valence-corrected chi connectivity index (χ1v) is 7.25. The fourth-order valence-corrected chi connectivity index (χ4v) is 2.30. The summed E-state index contributed by atoms with van der Waals surface area (Å²) in [7, 11) is 0. The number of para-hydroxylation sites is 1. The van der Waals surface area contributed by atoms with Gasteiger partial charge in [0.25, 0.3) is 0 Å². The molecule has 0 fully saturated rings. The molecule has 0 aliphatic heterocycles. The molecule has 0 amide bonds. The van der Waals surface area contributed by atoms with Gasteiger partial charge in [-0.15, -0.1) is 0 Å². The first kappa shape index (κ1) is 14.6. The molecular formula is C20H15N3. The molecule has 0 atom stereocenters. The van der Waals surface area contributed by atoms with Crippen molar-refractivity contribution in [1.82, 2.24) is 4.98 Å². The monoisotopic (exact) mass is 297 g/mol. The molecule has 0 aliphatic rings. The van der Waals surface area contributed by atoms with Crippen LogP contribution in [-0.2, 0) is 0 Å². The Labute approximate surface area is 135 Å². The third-order valence-electron chi connectivity index (χ3n) is 3.53. The second-order valence-electron chi connectivity index (χ2n) is 5.05. The van der Waals surface area contributed by atoms with Gasteiger partial charge < -0.3 is 5.32 Å². The van der Waals surface area contributed by atoms with Crippen molar-refractivity contribution in [3.63, 3.8) is 0 Å². The highest BCUT2D eigenvalue weighted by atomic mass is 14.9. The van der Waals surface area contributed by atoms with Gasteiger partial charge in [-0.25, -0.2) is 0 Å². The molecule has 1 heterocycles. The number of pyridine rings is 1. The fourth-order valence-electron chi connectivity index (χ4n) is 2.30. The van der Waals surface area contributed by atoms with Gasteiger partial charge in [-0.1, -0.05) is 49.0 Å². The maximum atomic E-state index is 9.14. The van der Waals surface area contributed by atoms with E-state index in [-0.39, 0.29) is 0 Å². The number of anilines is 1. The fraction of sp³-hybridized carbons (Fsp3) is 0. The van der Waals surface area contributed by atoms with Gasteiger partial charge in [-0.05, 0) is 29.8 Å². The van der Waals surface area contributed by atoms with Gasteiger partial charge in [-0.2, -0.15) is 5.26 Å². The summed E-state index contributed by atoms with van der Waals surface area (Å²) in [5.41, 5.74) is 5.07. The van der Waals surface area contributed by atoms with Gasteiger partial charge in [-0.3, -0.25) is 4.98 Å². The van der Waals surface area contributed by atoms with Crippen molar-refractivity contribution in [2.24, 2.45) is 0 Å². The first-order valence-electron chi connectivity index (χ1n) is 7.25. The van der Waals surface area contributed by atoms with Crippen LogP contribution in [0.2, 0.25) is 0 Å². The molecule has 1 aromatic heterocycles. The lowest BCUT2D eigenvalue weighted by molar-refractivity contribution is 1.32.